The zero-order chi connectivity index (χ0) is 17.4. The maximum atomic E-state index is 12.0. The van der Waals surface area contributed by atoms with E-state index in [1.54, 1.807) is 20.3 Å². The number of aryl methyl sites for hydroxylation is 1. The largest absolute Gasteiger partial charge is 0.497 e. The van der Waals surface area contributed by atoms with Gasteiger partial charge in [-0.3, -0.25) is 9.59 Å². The van der Waals surface area contributed by atoms with Gasteiger partial charge in [0.25, 0.3) is 0 Å². The first-order valence-electron chi connectivity index (χ1n) is 8.39. The van der Waals surface area contributed by atoms with E-state index in [1.165, 1.54) is 6.42 Å². The molecule has 1 aromatic rings. The quantitative estimate of drug-likeness (QED) is 0.825. The van der Waals surface area contributed by atoms with Crippen molar-refractivity contribution in [2.24, 2.45) is 0 Å². The average molecular weight is 334 g/mol. The first-order chi connectivity index (χ1) is 11.6. The first kappa shape index (κ1) is 18.1. The molecule has 0 bridgehead atoms. The van der Waals surface area contributed by atoms with E-state index in [-0.39, 0.29) is 18.4 Å². The summed E-state index contributed by atoms with van der Waals surface area (Å²) >= 11 is 0. The molecule has 0 unspecified atom stereocenters. The number of amides is 2. The van der Waals surface area contributed by atoms with Gasteiger partial charge in [-0.2, -0.15) is 0 Å². The molecule has 1 fully saturated rings. The Morgan fingerprint density at radius 1 is 1.04 bits per heavy atom. The number of piperidine rings is 1. The molecule has 1 heterocycles. The van der Waals surface area contributed by atoms with Gasteiger partial charge < -0.3 is 19.7 Å². The van der Waals surface area contributed by atoms with Crippen molar-refractivity contribution in [3.05, 3.63) is 23.8 Å². The second-order valence-corrected chi connectivity index (χ2v) is 5.94. The maximum Gasteiger partial charge on any atom is 0.241 e. The van der Waals surface area contributed by atoms with Crippen LogP contribution in [0.3, 0.4) is 0 Å². The van der Waals surface area contributed by atoms with Crippen molar-refractivity contribution >= 4 is 11.8 Å². The molecule has 0 aliphatic carbocycles. The fourth-order valence-electron chi connectivity index (χ4n) is 2.79. The molecular formula is C18H26N2O4. The van der Waals surface area contributed by atoms with Crippen LogP contribution < -0.4 is 14.8 Å². The Bertz CT molecular complexity index is 546. The van der Waals surface area contributed by atoms with E-state index in [2.05, 4.69) is 5.32 Å². The third kappa shape index (κ3) is 5.44. The van der Waals surface area contributed by atoms with Crippen LogP contribution in [-0.4, -0.2) is 50.6 Å². The van der Waals surface area contributed by atoms with Crippen LogP contribution in [-0.2, 0) is 16.0 Å². The molecule has 132 valence electrons. The Kier molecular flexibility index (Phi) is 6.90. The van der Waals surface area contributed by atoms with Crippen molar-refractivity contribution < 1.29 is 19.1 Å². The second-order valence-electron chi connectivity index (χ2n) is 5.94. The Morgan fingerprint density at radius 3 is 2.25 bits per heavy atom. The lowest BCUT2D eigenvalue weighted by Crippen LogP contribution is -2.42. The minimum atomic E-state index is -0.123. The lowest BCUT2D eigenvalue weighted by molar-refractivity contribution is -0.133. The third-order valence-corrected chi connectivity index (χ3v) is 4.20. The summed E-state index contributed by atoms with van der Waals surface area (Å²) in [6.45, 7) is 1.69. The summed E-state index contributed by atoms with van der Waals surface area (Å²) in [6.07, 6.45) is 4.18. The van der Waals surface area contributed by atoms with Gasteiger partial charge in [-0.1, -0.05) is 0 Å². The number of hydrogen-bond acceptors (Lipinski definition) is 4. The van der Waals surface area contributed by atoms with E-state index in [1.807, 2.05) is 17.0 Å². The molecule has 0 saturated carbocycles. The first-order valence-corrected chi connectivity index (χ1v) is 8.39. The summed E-state index contributed by atoms with van der Waals surface area (Å²) in [5, 5.41) is 2.71. The Labute approximate surface area is 143 Å². The van der Waals surface area contributed by atoms with E-state index in [0.717, 1.165) is 31.5 Å². The molecule has 2 rings (SSSR count). The van der Waals surface area contributed by atoms with E-state index in [9.17, 15) is 9.59 Å². The van der Waals surface area contributed by atoms with Gasteiger partial charge in [0.2, 0.25) is 11.8 Å². The molecule has 0 atom stereocenters. The van der Waals surface area contributed by atoms with Gasteiger partial charge in [0, 0.05) is 25.6 Å². The van der Waals surface area contributed by atoms with Crippen LogP contribution in [0.25, 0.3) is 0 Å². The smallest absolute Gasteiger partial charge is 0.241 e. The standard InChI is InChI=1S/C18H26N2O4/c1-23-15-10-14(11-16(12-15)24-2)6-7-17(21)19-13-18(22)20-8-4-3-5-9-20/h10-12H,3-9,13H2,1-2H3,(H,19,21). The van der Waals surface area contributed by atoms with Crippen LogP contribution in [0.1, 0.15) is 31.2 Å². The van der Waals surface area contributed by atoms with Gasteiger partial charge in [0.15, 0.2) is 0 Å². The highest BCUT2D eigenvalue weighted by molar-refractivity contribution is 5.84. The predicted octanol–water partition coefficient (Wildman–Crippen LogP) is 1.77. The average Bonchev–Trinajstić information content (AvgIpc) is 2.64. The molecule has 1 aliphatic heterocycles. The van der Waals surface area contributed by atoms with Gasteiger partial charge >= 0.3 is 0 Å². The van der Waals surface area contributed by atoms with E-state index >= 15 is 0 Å². The Balaban J connectivity index is 1.77. The van der Waals surface area contributed by atoms with Crippen LogP contribution in [0, 0.1) is 0 Å². The SMILES string of the molecule is COc1cc(CCC(=O)NCC(=O)N2CCCCC2)cc(OC)c1. The molecule has 6 nitrogen and oxygen atoms in total. The number of carbonyl (C=O) groups is 2. The van der Waals surface area contributed by atoms with Gasteiger partial charge in [-0.25, -0.2) is 0 Å². The van der Waals surface area contributed by atoms with Gasteiger partial charge in [0.1, 0.15) is 11.5 Å². The molecule has 0 spiro atoms. The van der Waals surface area contributed by atoms with Crippen molar-refractivity contribution in [3.8, 4) is 11.5 Å². The topological polar surface area (TPSA) is 67.9 Å². The predicted molar refractivity (Wildman–Crippen MR) is 91.3 cm³/mol. The van der Waals surface area contributed by atoms with Crippen molar-refractivity contribution in [1.29, 1.82) is 0 Å². The number of nitrogens with one attached hydrogen (secondary N) is 1. The summed E-state index contributed by atoms with van der Waals surface area (Å²) < 4.78 is 10.4. The fourth-order valence-corrected chi connectivity index (χ4v) is 2.79. The van der Waals surface area contributed by atoms with Crippen molar-refractivity contribution in [2.75, 3.05) is 33.9 Å². The summed E-state index contributed by atoms with van der Waals surface area (Å²) in [6, 6.07) is 5.56. The lowest BCUT2D eigenvalue weighted by Gasteiger charge is -2.26. The number of hydrogen-bond donors (Lipinski definition) is 1. The van der Waals surface area contributed by atoms with Crippen LogP contribution in [0.5, 0.6) is 11.5 Å². The maximum absolute atomic E-state index is 12.0. The number of benzene rings is 1. The van der Waals surface area contributed by atoms with Crippen LogP contribution in [0.4, 0.5) is 0 Å². The lowest BCUT2D eigenvalue weighted by atomic mass is 10.1. The fraction of sp³-hybridized carbons (Fsp3) is 0.556. The number of rotatable bonds is 7. The summed E-state index contributed by atoms with van der Waals surface area (Å²) in [5.74, 6) is 1.28. The minimum absolute atomic E-state index is 0.00565. The summed E-state index contributed by atoms with van der Waals surface area (Å²) in [4.78, 5) is 25.8. The minimum Gasteiger partial charge on any atom is -0.497 e. The summed E-state index contributed by atoms with van der Waals surface area (Å²) in [7, 11) is 3.19. The molecule has 24 heavy (non-hydrogen) atoms. The number of nitrogens with zero attached hydrogens (tertiary/aromatic N) is 1. The van der Waals surface area contributed by atoms with E-state index in [4.69, 9.17) is 9.47 Å². The zero-order valence-electron chi connectivity index (χ0n) is 14.5. The molecule has 1 N–H and O–H groups in total. The highest BCUT2D eigenvalue weighted by Crippen LogP contribution is 2.23. The van der Waals surface area contributed by atoms with Gasteiger partial charge in [-0.05, 0) is 43.4 Å². The molecule has 1 aromatic carbocycles. The van der Waals surface area contributed by atoms with E-state index < -0.39 is 0 Å². The van der Waals surface area contributed by atoms with Crippen LogP contribution >= 0.6 is 0 Å². The monoisotopic (exact) mass is 334 g/mol. The Hall–Kier alpha value is -2.24. The van der Waals surface area contributed by atoms with Gasteiger partial charge in [-0.15, -0.1) is 0 Å². The number of likely N-dealkylation sites (tertiary alicyclic amines) is 1. The number of carbonyl (C=O) groups excluding carboxylic acids is 2. The van der Waals surface area contributed by atoms with E-state index in [0.29, 0.717) is 24.3 Å². The molecule has 6 heteroatoms. The second kappa shape index (κ2) is 9.15. The van der Waals surface area contributed by atoms with Crippen molar-refractivity contribution in [1.82, 2.24) is 10.2 Å². The third-order valence-electron chi connectivity index (χ3n) is 4.20. The highest BCUT2D eigenvalue weighted by Gasteiger charge is 2.16. The van der Waals surface area contributed by atoms with Crippen LogP contribution in [0.2, 0.25) is 0 Å². The molecular weight excluding hydrogens is 308 g/mol. The Morgan fingerprint density at radius 2 is 1.67 bits per heavy atom. The van der Waals surface area contributed by atoms with Crippen LogP contribution in [0.15, 0.2) is 18.2 Å². The highest BCUT2D eigenvalue weighted by atomic mass is 16.5. The van der Waals surface area contributed by atoms with Gasteiger partial charge in [0.05, 0.1) is 20.8 Å². The molecule has 2 amide bonds. The molecule has 0 aromatic heterocycles. The van der Waals surface area contributed by atoms with Crippen molar-refractivity contribution in [2.45, 2.75) is 32.1 Å². The van der Waals surface area contributed by atoms with Crippen molar-refractivity contribution in [3.63, 3.8) is 0 Å². The number of ether oxygens (including phenoxy) is 2. The molecule has 1 saturated heterocycles. The summed E-state index contributed by atoms with van der Waals surface area (Å²) in [5.41, 5.74) is 0.962. The zero-order valence-corrected chi connectivity index (χ0v) is 14.5. The molecule has 0 radical (unpaired) electrons. The number of methoxy groups -OCH3 is 2. The molecule has 1 aliphatic rings. The normalized spacial score (nSPS) is 14.2.